The number of amides is 1. The van der Waals surface area contributed by atoms with Gasteiger partial charge >= 0.3 is 0 Å². The molecule has 0 bridgehead atoms. The lowest BCUT2D eigenvalue weighted by molar-refractivity contribution is -0.128. The molecule has 1 aliphatic rings. The first-order chi connectivity index (χ1) is 11.3. The summed E-state index contributed by atoms with van der Waals surface area (Å²) >= 11 is 1.72. The number of carbonyl (C=O) groups is 1. The largest absolute Gasteiger partial charge is 0.379 e. The van der Waals surface area contributed by atoms with Crippen molar-refractivity contribution in [2.24, 2.45) is 0 Å². The van der Waals surface area contributed by atoms with Gasteiger partial charge in [-0.3, -0.25) is 14.7 Å². The highest BCUT2D eigenvalue weighted by atomic mass is 32.1. The van der Waals surface area contributed by atoms with E-state index < -0.39 is 0 Å². The second-order valence-corrected chi connectivity index (χ2v) is 6.49. The van der Waals surface area contributed by atoms with E-state index in [1.807, 2.05) is 18.2 Å². The molecule has 23 heavy (non-hydrogen) atoms. The minimum atomic E-state index is -0.295. The maximum atomic E-state index is 12.8. The van der Waals surface area contributed by atoms with E-state index in [0.29, 0.717) is 19.8 Å². The summed E-state index contributed by atoms with van der Waals surface area (Å²) < 4.78 is 5.41. The molecular weight excluding hydrogens is 310 g/mol. The topological polar surface area (TPSA) is 54.5 Å². The number of ether oxygens (including phenoxy) is 1. The molecule has 1 saturated heterocycles. The molecule has 0 radical (unpaired) electrons. The maximum Gasteiger partial charge on any atom is 0.242 e. The van der Waals surface area contributed by atoms with Gasteiger partial charge in [-0.1, -0.05) is 12.1 Å². The third-order valence-corrected chi connectivity index (χ3v) is 4.85. The van der Waals surface area contributed by atoms with E-state index in [1.165, 1.54) is 4.88 Å². The fourth-order valence-electron chi connectivity index (χ4n) is 2.76. The van der Waals surface area contributed by atoms with Gasteiger partial charge in [0.25, 0.3) is 0 Å². The van der Waals surface area contributed by atoms with Crippen LogP contribution in [0.15, 0.2) is 42.0 Å². The fourth-order valence-corrected chi connectivity index (χ4v) is 3.47. The molecule has 1 aliphatic heterocycles. The number of hydrogen-bond donors (Lipinski definition) is 1. The summed E-state index contributed by atoms with van der Waals surface area (Å²) in [5.41, 5.74) is 0.933. The van der Waals surface area contributed by atoms with E-state index in [4.69, 9.17) is 4.74 Å². The molecule has 6 heteroatoms. The highest BCUT2D eigenvalue weighted by molar-refractivity contribution is 7.09. The number of aromatic nitrogens is 1. The third kappa shape index (κ3) is 4.37. The SMILES string of the molecule is O=C(NCCc1cccs1)[C@@H](c1cccnc1)N1CCOCC1. The Kier molecular flexibility index (Phi) is 5.74. The van der Waals surface area contributed by atoms with Gasteiger partial charge in [-0.2, -0.15) is 0 Å². The van der Waals surface area contributed by atoms with E-state index >= 15 is 0 Å². The number of nitrogens with zero attached hydrogens (tertiary/aromatic N) is 2. The number of nitrogens with one attached hydrogen (secondary N) is 1. The van der Waals surface area contributed by atoms with Gasteiger partial charge in [0.2, 0.25) is 5.91 Å². The smallest absolute Gasteiger partial charge is 0.242 e. The molecule has 1 fully saturated rings. The lowest BCUT2D eigenvalue weighted by Crippen LogP contribution is -2.46. The molecule has 0 spiro atoms. The van der Waals surface area contributed by atoms with Gasteiger partial charge in [-0.05, 0) is 29.5 Å². The molecular formula is C17H21N3O2S. The molecule has 5 nitrogen and oxygen atoms in total. The second kappa shape index (κ2) is 8.19. The normalized spacial score (nSPS) is 16.9. The van der Waals surface area contributed by atoms with Crippen LogP contribution in [0.4, 0.5) is 0 Å². The lowest BCUT2D eigenvalue weighted by Gasteiger charge is -2.33. The molecule has 2 aromatic rings. The zero-order valence-corrected chi connectivity index (χ0v) is 13.8. The number of pyridine rings is 1. The summed E-state index contributed by atoms with van der Waals surface area (Å²) in [6, 6.07) is 7.68. The van der Waals surface area contributed by atoms with Crippen LogP contribution in [0.1, 0.15) is 16.5 Å². The van der Waals surface area contributed by atoms with E-state index in [2.05, 4.69) is 26.6 Å². The Morgan fingerprint density at radius 3 is 2.91 bits per heavy atom. The minimum Gasteiger partial charge on any atom is -0.379 e. The Morgan fingerprint density at radius 1 is 1.35 bits per heavy atom. The summed E-state index contributed by atoms with van der Waals surface area (Å²) in [6.07, 6.45) is 4.37. The molecule has 2 aromatic heterocycles. The van der Waals surface area contributed by atoms with Crippen LogP contribution in [-0.2, 0) is 16.0 Å². The molecule has 1 atom stereocenters. The molecule has 0 aliphatic carbocycles. The predicted molar refractivity (Wildman–Crippen MR) is 90.4 cm³/mol. The average molecular weight is 331 g/mol. The Balaban J connectivity index is 1.65. The number of carbonyl (C=O) groups excluding carboxylic acids is 1. The van der Waals surface area contributed by atoms with Crippen LogP contribution in [0.2, 0.25) is 0 Å². The molecule has 3 rings (SSSR count). The van der Waals surface area contributed by atoms with E-state index in [-0.39, 0.29) is 11.9 Å². The van der Waals surface area contributed by atoms with Crippen molar-refractivity contribution >= 4 is 17.2 Å². The van der Waals surface area contributed by atoms with Crippen LogP contribution in [0.3, 0.4) is 0 Å². The van der Waals surface area contributed by atoms with Crippen molar-refractivity contribution in [3.8, 4) is 0 Å². The number of rotatable bonds is 6. The summed E-state index contributed by atoms with van der Waals surface area (Å²) in [6.45, 7) is 3.51. The van der Waals surface area contributed by atoms with Crippen molar-refractivity contribution in [1.29, 1.82) is 0 Å². The summed E-state index contributed by atoms with van der Waals surface area (Å²) in [7, 11) is 0. The molecule has 1 N–H and O–H groups in total. The monoisotopic (exact) mass is 331 g/mol. The fraction of sp³-hybridized carbons (Fsp3) is 0.412. The standard InChI is InChI=1S/C17H21N3O2S/c21-17(19-7-5-15-4-2-12-23-15)16(14-3-1-6-18-13-14)20-8-10-22-11-9-20/h1-4,6,12-13,16H,5,7-11H2,(H,19,21)/t16-/m1/s1. The van der Waals surface area contributed by atoms with Gasteiger partial charge in [0, 0.05) is 36.9 Å². The number of thiophene rings is 1. The van der Waals surface area contributed by atoms with E-state index in [0.717, 1.165) is 25.1 Å². The first-order valence-electron chi connectivity index (χ1n) is 7.86. The highest BCUT2D eigenvalue weighted by Gasteiger charge is 2.28. The van der Waals surface area contributed by atoms with E-state index in [1.54, 1.807) is 23.7 Å². The Bertz CT molecular complexity index is 598. The van der Waals surface area contributed by atoms with Crippen LogP contribution < -0.4 is 5.32 Å². The van der Waals surface area contributed by atoms with Crippen molar-refractivity contribution in [3.05, 3.63) is 52.5 Å². The zero-order chi connectivity index (χ0) is 15.9. The summed E-state index contributed by atoms with van der Waals surface area (Å²) in [4.78, 5) is 20.4. The summed E-state index contributed by atoms with van der Waals surface area (Å²) in [5.74, 6) is 0.0384. The molecule has 1 amide bonds. The summed E-state index contributed by atoms with van der Waals surface area (Å²) in [5, 5.41) is 5.13. The third-order valence-electron chi connectivity index (χ3n) is 3.91. The molecule has 3 heterocycles. The van der Waals surface area contributed by atoms with Crippen LogP contribution >= 0.6 is 11.3 Å². The van der Waals surface area contributed by atoms with Crippen molar-refractivity contribution < 1.29 is 9.53 Å². The van der Waals surface area contributed by atoms with Crippen LogP contribution in [0.25, 0.3) is 0 Å². The predicted octanol–water partition coefficient (Wildman–Crippen LogP) is 1.88. The molecule has 0 saturated carbocycles. The van der Waals surface area contributed by atoms with Crippen LogP contribution in [0, 0.1) is 0 Å². The minimum absolute atomic E-state index is 0.0384. The second-order valence-electron chi connectivity index (χ2n) is 5.46. The lowest BCUT2D eigenvalue weighted by atomic mass is 10.1. The molecule has 0 aromatic carbocycles. The van der Waals surface area contributed by atoms with Crippen LogP contribution in [0.5, 0.6) is 0 Å². The van der Waals surface area contributed by atoms with Crippen molar-refractivity contribution in [2.45, 2.75) is 12.5 Å². The number of morpholine rings is 1. The quantitative estimate of drug-likeness (QED) is 0.878. The first kappa shape index (κ1) is 16.1. The van der Waals surface area contributed by atoms with Gasteiger partial charge in [-0.25, -0.2) is 0 Å². The Morgan fingerprint density at radius 2 is 2.22 bits per heavy atom. The van der Waals surface area contributed by atoms with Gasteiger partial charge in [0.1, 0.15) is 6.04 Å². The average Bonchev–Trinajstić information content (AvgIpc) is 3.10. The molecule has 0 unspecified atom stereocenters. The maximum absolute atomic E-state index is 12.8. The van der Waals surface area contributed by atoms with Gasteiger partial charge < -0.3 is 10.1 Å². The zero-order valence-electron chi connectivity index (χ0n) is 13.0. The van der Waals surface area contributed by atoms with Gasteiger partial charge in [0.15, 0.2) is 0 Å². The van der Waals surface area contributed by atoms with Gasteiger partial charge in [-0.15, -0.1) is 11.3 Å². The van der Waals surface area contributed by atoms with Crippen molar-refractivity contribution in [3.63, 3.8) is 0 Å². The Hall–Kier alpha value is -1.76. The first-order valence-corrected chi connectivity index (χ1v) is 8.74. The molecule has 122 valence electrons. The van der Waals surface area contributed by atoms with Gasteiger partial charge in [0.05, 0.1) is 13.2 Å². The highest BCUT2D eigenvalue weighted by Crippen LogP contribution is 2.21. The van der Waals surface area contributed by atoms with Crippen molar-refractivity contribution in [2.75, 3.05) is 32.8 Å². The number of hydrogen-bond acceptors (Lipinski definition) is 5. The Labute approximate surface area is 140 Å². The van der Waals surface area contributed by atoms with Crippen LogP contribution in [-0.4, -0.2) is 48.6 Å². The van der Waals surface area contributed by atoms with E-state index in [9.17, 15) is 4.79 Å². The van der Waals surface area contributed by atoms with Crippen molar-refractivity contribution in [1.82, 2.24) is 15.2 Å².